The normalized spacial score (nSPS) is 11.4. The second-order valence-corrected chi connectivity index (χ2v) is 7.19. The van der Waals surface area contributed by atoms with E-state index < -0.39 is 0 Å². The van der Waals surface area contributed by atoms with Gasteiger partial charge in [0, 0.05) is 26.8 Å². The maximum Gasteiger partial charge on any atom is 0.196 e. The van der Waals surface area contributed by atoms with Crippen molar-refractivity contribution in [3.05, 3.63) is 63.4 Å². The van der Waals surface area contributed by atoms with Crippen LogP contribution in [0.15, 0.2) is 40.9 Å². The standard InChI is InChI=1S/C18H19BrFNO/c1-11-9-14(19)13(10-15(11)20)17(22)12-7-5-6-8-16(12)21-18(2,3)4/h5-10,21H,1-4H3. The number of halogens is 2. The lowest BCUT2D eigenvalue weighted by atomic mass is 9.99. The quantitative estimate of drug-likeness (QED) is 0.745. The second-order valence-electron chi connectivity index (χ2n) is 6.33. The molecule has 22 heavy (non-hydrogen) atoms. The fraction of sp³-hybridized carbons (Fsp3) is 0.278. The molecule has 2 rings (SSSR count). The third-order valence-corrected chi connectivity index (χ3v) is 3.83. The van der Waals surface area contributed by atoms with Gasteiger partial charge >= 0.3 is 0 Å². The van der Waals surface area contributed by atoms with E-state index in [4.69, 9.17) is 0 Å². The molecular weight excluding hydrogens is 345 g/mol. The number of benzene rings is 2. The molecule has 0 radical (unpaired) electrons. The molecule has 1 N–H and O–H groups in total. The Bertz CT molecular complexity index is 720. The van der Waals surface area contributed by atoms with Crippen molar-refractivity contribution < 1.29 is 9.18 Å². The molecule has 0 bridgehead atoms. The number of hydrogen-bond acceptors (Lipinski definition) is 2. The van der Waals surface area contributed by atoms with E-state index >= 15 is 0 Å². The van der Waals surface area contributed by atoms with Crippen molar-refractivity contribution in [3.63, 3.8) is 0 Å². The highest BCUT2D eigenvalue weighted by Gasteiger charge is 2.20. The number of hydrogen-bond donors (Lipinski definition) is 1. The van der Waals surface area contributed by atoms with Gasteiger partial charge in [-0.1, -0.05) is 28.1 Å². The van der Waals surface area contributed by atoms with Gasteiger partial charge in [0.25, 0.3) is 0 Å². The van der Waals surface area contributed by atoms with Crippen LogP contribution in [0, 0.1) is 12.7 Å². The van der Waals surface area contributed by atoms with E-state index in [0.29, 0.717) is 21.2 Å². The summed E-state index contributed by atoms with van der Waals surface area (Å²) in [6.07, 6.45) is 0. The highest BCUT2D eigenvalue weighted by Crippen LogP contribution is 2.27. The minimum atomic E-state index is -0.382. The summed E-state index contributed by atoms with van der Waals surface area (Å²) in [6, 6.07) is 10.2. The lowest BCUT2D eigenvalue weighted by molar-refractivity contribution is 0.103. The second kappa shape index (κ2) is 6.21. The van der Waals surface area contributed by atoms with Crippen LogP contribution in [-0.4, -0.2) is 11.3 Å². The van der Waals surface area contributed by atoms with E-state index in [9.17, 15) is 9.18 Å². The first kappa shape index (κ1) is 16.7. The van der Waals surface area contributed by atoms with Crippen LogP contribution in [0.1, 0.15) is 42.3 Å². The Morgan fingerprint density at radius 2 is 1.77 bits per heavy atom. The first-order valence-corrected chi connectivity index (χ1v) is 7.86. The van der Waals surface area contributed by atoms with Crippen LogP contribution < -0.4 is 5.32 Å². The number of ketones is 1. The molecule has 2 aromatic carbocycles. The van der Waals surface area contributed by atoms with E-state index in [1.807, 2.05) is 32.9 Å². The van der Waals surface area contributed by atoms with Crippen molar-refractivity contribution in [1.82, 2.24) is 0 Å². The molecular formula is C18H19BrFNO. The maximum atomic E-state index is 13.8. The maximum absolute atomic E-state index is 13.8. The number of rotatable bonds is 3. The molecule has 0 aliphatic heterocycles. The molecule has 0 fully saturated rings. The van der Waals surface area contributed by atoms with E-state index in [2.05, 4.69) is 21.2 Å². The lowest BCUT2D eigenvalue weighted by Gasteiger charge is -2.24. The molecule has 2 aromatic rings. The molecule has 116 valence electrons. The van der Waals surface area contributed by atoms with Crippen LogP contribution in [0.4, 0.5) is 10.1 Å². The number of para-hydroxylation sites is 1. The zero-order chi connectivity index (χ0) is 16.5. The average molecular weight is 364 g/mol. The summed E-state index contributed by atoms with van der Waals surface area (Å²) in [5.74, 6) is -0.592. The minimum Gasteiger partial charge on any atom is -0.380 e. The van der Waals surface area contributed by atoms with Crippen molar-refractivity contribution in [2.24, 2.45) is 0 Å². The monoisotopic (exact) mass is 363 g/mol. The van der Waals surface area contributed by atoms with Crippen molar-refractivity contribution >= 4 is 27.4 Å². The van der Waals surface area contributed by atoms with Gasteiger partial charge in [-0.25, -0.2) is 4.39 Å². The summed E-state index contributed by atoms with van der Waals surface area (Å²) in [5.41, 5.74) is 1.93. The van der Waals surface area contributed by atoms with E-state index in [0.717, 1.165) is 5.69 Å². The summed E-state index contributed by atoms with van der Waals surface area (Å²) >= 11 is 3.36. The Kier molecular flexibility index (Phi) is 4.71. The van der Waals surface area contributed by atoms with Crippen molar-refractivity contribution in [1.29, 1.82) is 0 Å². The van der Waals surface area contributed by atoms with E-state index in [1.54, 1.807) is 25.1 Å². The van der Waals surface area contributed by atoms with Gasteiger partial charge < -0.3 is 5.32 Å². The molecule has 0 saturated carbocycles. The Hall–Kier alpha value is -1.68. The predicted molar refractivity (Wildman–Crippen MR) is 92.1 cm³/mol. The van der Waals surface area contributed by atoms with Gasteiger partial charge in [-0.3, -0.25) is 4.79 Å². The molecule has 4 heteroatoms. The molecule has 0 amide bonds. The fourth-order valence-corrected chi connectivity index (χ4v) is 2.80. The van der Waals surface area contributed by atoms with Gasteiger partial charge in [0.1, 0.15) is 5.82 Å². The van der Waals surface area contributed by atoms with Gasteiger partial charge in [-0.05, 0) is 57.5 Å². The topological polar surface area (TPSA) is 29.1 Å². The smallest absolute Gasteiger partial charge is 0.196 e. The van der Waals surface area contributed by atoms with Crippen LogP contribution in [0.2, 0.25) is 0 Å². The molecule has 0 heterocycles. The molecule has 0 unspecified atom stereocenters. The zero-order valence-electron chi connectivity index (χ0n) is 13.1. The molecule has 2 nitrogen and oxygen atoms in total. The predicted octanol–water partition coefficient (Wildman–Crippen LogP) is 5.34. The number of aryl methyl sites for hydroxylation is 1. The van der Waals surface area contributed by atoms with Crippen LogP contribution >= 0.6 is 15.9 Å². The minimum absolute atomic E-state index is 0.174. The average Bonchev–Trinajstić information content (AvgIpc) is 2.41. The number of anilines is 1. The SMILES string of the molecule is Cc1cc(Br)c(C(=O)c2ccccc2NC(C)(C)C)cc1F. The van der Waals surface area contributed by atoms with Gasteiger partial charge in [0.2, 0.25) is 0 Å². The third kappa shape index (κ3) is 3.74. The summed E-state index contributed by atoms with van der Waals surface area (Å²) in [7, 11) is 0. The Labute approximate surface area is 138 Å². The Balaban J connectivity index is 2.49. The van der Waals surface area contributed by atoms with Crippen LogP contribution in [0.25, 0.3) is 0 Å². The first-order valence-electron chi connectivity index (χ1n) is 7.06. The summed E-state index contributed by atoms with van der Waals surface area (Å²) in [6.45, 7) is 7.74. The number of carbonyl (C=O) groups excluding carboxylic acids is 1. The largest absolute Gasteiger partial charge is 0.380 e. The highest BCUT2D eigenvalue weighted by atomic mass is 79.9. The first-order chi connectivity index (χ1) is 10.2. The van der Waals surface area contributed by atoms with E-state index in [1.165, 1.54) is 6.07 Å². The fourth-order valence-electron chi connectivity index (χ4n) is 2.16. The van der Waals surface area contributed by atoms with Gasteiger partial charge in [-0.15, -0.1) is 0 Å². The Morgan fingerprint density at radius 1 is 1.14 bits per heavy atom. The highest BCUT2D eigenvalue weighted by molar-refractivity contribution is 9.10. The molecule has 0 atom stereocenters. The summed E-state index contributed by atoms with van der Waals surface area (Å²) in [5, 5.41) is 3.32. The molecule has 0 aliphatic carbocycles. The zero-order valence-corrected chi connectivity index (χ0v) is 14.7. The third-order valence-electron chi connectivity index (χ3n) is 3.17. The van der Waals surface area contributed by atoms with Crippen LogP contribution in [-0.2, 0) is 0 Å². The number of nitrogens with one attached hydrogen (secondary N) is 1. The molecule has 0 spiro atoms. The lowest BCUT2D eigenvalue weighted by Crippen LogP contribution is -2.27. The van der Waals surface area contributed by atoms with Gasteiger partial charge in [0.15, 0.2) is 5.78 Å². The summed E-state index contributed by atoms with van der Waals surface area (Å²) < 4.78 is 14.4. The van der Waals surface area contributed by atoms with Crippen molar-refractivity contribution in [2.45, 2.75) is 33.2 Å². The van der Waals surface area contributed by atoms with E-state index in [-0.39, 0.29) is 17.1 Å². The van der Waals surface area contributed by atoms with Crippen LogP contribution in [0.5, 0.6) is 0 Å². The number of carbonyl (C=O) groups is 1. The van der Waals surface area contributed by atoms with Crippen molar-refractivity contribution in [3.8, 4) is 0 Å². The Morgan fingerprint density at radius 3 is 2.41 bits per heavy atom. The molecule has 0 aliphatic rings. The van der Waals surface area contributed by atoms with Crippen LogP contribution in [0.3, 0.4) is 0 Å². The van der Waals surface area contributed by atoms with Gasteiger partial charge in [-0.2, -0.15) is 0 Å². The summed E-state index contributed by atoms with van der Waals surface area (Å²) in [4.78, 5) is 12.8. The molecule has 0 saturated heterocycles. The van der Waals surface area contributed by atoms with Gasteiger partial charge in [0.05, 0.1) is 0 Å². The van der Waals surface area contributed by atoms with Crippen molar-refractivity contribution in [2.75, 3.05) is 5.32 Å². The molecule has 0 aromatic heterocycles.